The van der Waals surface area contributed by atoms with Crippen molar-refractivity contribution < 1.29 is 19.1 Å². The Morgan fingerprint density at radius 1 is 1.16 bits per heavy atom. The van der Waals surface area contributed by atoms with Gasteiger partial charge >= 0.3 is 6.09 Å². The zero-order valence-corrected chi connectivity index (χ0v) is 19.9. The number of methoxy groups -OCH3 is 1. The lowest BCUT2D eigenvalue weighted by molar-refractivity contribution is -0.122. The fraction of sp³-hybridized carbons (Fsp3) is 0.667. The normalized spacial score (nSPS) is 23.3. The van der Waals surface area contributed by atoms with E-state index in [0.717, 1.165) is 34.8 Å². The Labute approximate surface area is 190 Å². The maximum Gasteiger partial charge on any atom is 0.408 e. The first-order valence-electron chi connectivity index (χ1n) is 11.2. The summed E-state index contributed by atoms with van der Waals surface area (Å²) in [5.74, 6) is 4.71. The maximum atomic E-state index is 12.9. The zero-order valence-electron chi connectivity index (χ0n) is 19.1. The second-order valence-corrected chi connectivity index (χ2v) is 10.8. The van der Waals surface area contributed by atoms with Crippen molar-refractivity contribution in [2.75, 3.05) is 18.6 Å². The van der Waals surface area contributed by atoms with Crippen LogP contribution in [0, 0.1) is 17.8 Å². The summed E-state index contributed by atoms with van der Waals surface area (Å²) in [6.45, 7) is 5.84. The quantitative estimate of drug-likeness (QED) is 0.586. The van der Waals surface area contributed by atoms with Crippen LogP contribution in [0.15, 0.2) is 24.3 Å². The van der Waals surface area contributed by atoms with Crippen molar-refractivity contribution in [1.82, 2.24) is 10.6 Å². The van der Waals surface area contributed by atoms with Gasteiger partial charge in [0.2, 0.25) is 5.91 Å². The number of hydrogen-bond donors (Lipinski definition) is 2. The van der Waals surface area contributed by atoms with Crippen molar-refractivity contribution in [3.63, 3.8) is 0 Å². The number of alkyl carbamates (subject to hydrolysis) is 1. The van der Waals surface area contributed by atoms with Gasteiger partial charge in [0.1, 0.15) is 17.4 Å². The number of nitrogens with one attached hydrogen (secondary N) is 2. The van der Waals surface area contributed by atoms with Gasteiger partial charge < -0.3 is 20.1 Å². The smallest absolute Gasteiger partial charge is 0.408 e. The van der Waals surface area contributed by atoms with E-state index in [2.05, 4.69) is 10.6 Å². The number of benzene rings is 1. The van der Waals surface area contributed by atoms with E-state index >= 15 is 0 Å². The van der Waals surface area contributed by atoms with Crippen LogP contribution < -0.4 is 15.4 Å². The van der Waals surface area contributed by atoms with Crippen LogP contribution in [0.3, 0.4) is 0 Å². The first kappa shape index (κ1) is 23.8. The lowest BCUT2D eigenvalue weighted by Crippen LogP contribution is -2.49. The minimum absolute atomic E-state index is 0.192. The molecule has 2 saturated carbocycles. The van der Waals surface area contributed by atoms with Crippen molar-refractivity contribution in [1.29, 1.82) is 0 Å². The van der Waals surface area contributed by atoms with E-state index in [1.165, 1.54) is 25.7 Å². The fourth-order valence-corrected chi connectivity index (χ4v) is 5.92. The maximum absolute atomic E-state index is 12.9. The van der Waals surface area contributed by atoms with Gasteiger partial charge in [-0.2, -0.15) is 11.8 Å². The lowest BCUT2D eigenvalue weighted by Gasteiger charge is -2.25. The molecular formula is C24H36N2O4S. The first-order chi connectivity index (χ1) is 14.7. The molecule has 2 bridgehead atoms. The highest BCUT2D eigenvalue weighted by Crippen LogP contribution is 2.49. The summed E-state index contributed by atoms with van der Waals surface area (Å²) in [5.41, 5.74) is 0.365. The Morgan fingerprint density at radius 3 is 2.48 bits per heavy atom. The van der Waals surface area contributed by atoms with Crippen LogP contribution >= 0.6 is 11.8 Å². The minimum atomic E-state index is -0.628. The summed E-state index contributed by atoms with van der Waals surface area (Å²) >= 11 is 1.77. The molecule has 0 unspecified atom stereocenters. The number of fused-ring (bicyclic) bond motifs is 2. The highest BCUT2D eigenvalue weighted by molar-refractivity contribution is 7.99. The Kier molecular flexibility index (Phi) is 8.14. The number of rotatable bonds is 9. The predicted molar refractivity (Wildman–Crippen MR) is 124 cm³/mol. The van der Waals surface area contributed by atoms with Gasteiger partial charge in [0.15, 0.2) is 0 Å². The topological polar surface area (TPSA) is 76.7 Å². The Balaban J connectivity index is 1.52. The number of carbonyl (C=O) groups is 2. The third-order valence-corrected chi connectivity index (χ3v) is 7.37. The predicted octanol–water partition coefficient (Wildman–Crippen LogP) is 4.37. The number of ether oxygens (including phenoxy) is 2. The molecule has 6 nitrogen and oxygen atoms in total. The molecule has 0 aliphatic heterocycles. The molecule has 1 aromatic rings. The van der Waals surface area contributed by atoms with Gasteiger partial charge in [-0.25, -0.2) is 4.79 Å². The van der Waals surface area contributed by atoms with Crippen molar-refractivity contribution in [3.05, 3.63) is 29.8 Å². The zero-order chi connectivity index (χ0) is 22.4. The van der Waals surface area contributed by atoms with Crippen LogP contribution in [-0.2, 0) is 16.1 Å². The van der Waals surface area contributed by atoms with E-state index in [4.69, 9.17) is 9.47 Å². The van der Waals surface area contributed by atoms with Crippen molar-refractivity contribution in [3.8, 4) is 5.75 Å². The van der Waals surface area contributed by atoms with Gasteiger partial charge in [0.05, 0.1) is 7.11 Å². The summed E-state index contributed by atoms with van der Waals surface area (Å²) in [7, 11) is 1.62. The molecule has 0 saturated heterocycles. The Bertz CT molecular complexity index is 747. The molecule has 2 amide bonds. The number of amides is 2. The second kappa shape index (κ2) is 10.6. The monoisotopic (exact) mass is 448 g/mol. The number of carbonyl (C=O) groups excluding carboxylic acids is 2. The molecule has 2 fully saturated rings. The standard InChI is InChI=1S/C24H36N2O4S/c1-24(2,3)30-23(28)26-21(15-31-14-19-12-17-5-8-18(19)11-17)22(27)25-13-16-6-9-20(29-4)10-7-16/h6-7,9-10,17-19,21H,5,8,11-15H2,1-4H3,(H,25,27)(H,26,28)/t17-,18+,19+,21-/m0/s1. The molecule has 2 N–H and O–H groups in total. The highest BCUT2D eigenvalue weighted by atomic mass is 32.2. The van der Waals surface area contributed by atoms with E-state index in [-0.39, 0.29) is 5.91 Å². The molecule has 31 heavy (non-hydrogen) atoms. The first-order valence-corrected chi connectivity index (χ1v) is 12.4. The van der Waals surface area contributed by atoms with Crippen molar-refractivity contribution in [2.45, 2.75) is 64.6 Å². The van der Waals surface area contributed by atoms with Gasteiger partial charge in [0, 0.05) is 12.3 Å². The van der Waals surface area contributed by atoms with Crippen molar-refractivity contribution in [2.24, 2.45) is 17.8 Å². The average Bonchev–Trinajstić information content (AvgIpc) is 3.33. The summed E-state index contributed by atoms with van der Waals surface area (Å²) < 4.78 is 10.5. The summed E-state index contributed by atoms with van der Waals surface area (Å²) in [4.78, 5) is 25.2. The molecule has 172 valence electrons. The van der Waals surface area contributed by atoms with Crippen LogP contribution in [0.2, 0.25) is 0 Å². The fourth-order valence-electron chi connectivity index (χ4n) is 4.61. The molecule has 1 aromatic carbocycles. The van der Waals surface area contributed by atoms with Gasteiger partial charge in [-0.1, -0.05) is 18.6 Å². The SMILES string of the molecule is COc1ccc(CNC(=O)[C@H](CSC[C@H]2C[C@H]3CC[C@@H]2C3)NC(=O)OC(C)(C)C)cc1. The molecule has 0 radical (unpaired) electrons. The van der Waals surface area contributed by atoms with E-state index in [0.29, 0.717) is 12.3 Å². The van der Waals surface area contributed by atoms with Crippen LogP contribution in [0.25, 0.3) is 0 Å². The molecule has 2 aliphatic carbocycles. The number of thioether (sulfide) groups is 1. The average molecular weight is 449 g/mol. The third kappa shape index (κ3) is 7.34. The minimum Gasteiger partial charge on any atom is -0.497 e. The van der Waals surface area contributed by atoms with Crippen LogP contribution in [0.4, 0.5) is 4.79 Å². The summed E-state index contributed by atoms with van der Waals surface area (Å²) in [6, 6.07) is 6.93. The molecule has 7 heteroatoms. The van der Waals surface area contributed by atoms with E-state index in [9.17, 15) is 9.59 Å². The summed E-state index contributed by atoms with van der Waals surface area (Å²) in [5, 5.41) is 5.72. The molecule has 0 spiro atoms. The largest absolute Gasteiger partial charge is 0.497 e. The number of hydrogen-bond acceptors (Lipinski definition) is 5. The Hall–Kier alpha value is -1.89. The Morgan fingerprint density at radius 2 is 1.90 bits per heavy atom. The van der Waals surface area contributed by atoms with E-state index in [1.807, 2.05) is 45.0 Å². The van der Waals surface area contributed by atoms with E-state index < -0.39 is 17.7 Å². The molecule has 4 atom stereocenters. The van der Waals surface area contributed by atoms with Crippen LogP contribution in [0.5, 0.6) is 5.75 Å². The van der Waals surface area contributed by atoms with Gasteiger partial charge in [0.25, 0.3) is 0 Å². The van der Waals surface area contributed by atoms with Crippen LogP contribution in [-0.4, -0.2) is 42.3 Å². The van der Waals surface area contributed by atoms with Gasteiger partial charge in [-0.15, -0.1) is 0 Å². The molecule has 0 aromatic heterocycles. The van der Waals surface area contributed by atoms with Gasteiger partial charge in [-0.3, -0.25) is 4.79 Å². The van der Waals surface area contributed by atoms with Crippen molar-refractivity contribution >= 4 is 23.8 Å². The lowest BCUT2D eigenvalue weighted by atomic mass is 9.90. The van der Waals surface area contributed by atoms with Crippen LogP contribution in [0.1, 0.15) is 52.0 Å². The van der Waals surface area contributed by atoms with Gasteiger partial charge in [-0.05, 0) is 81.2 Å². The molecular weight excluding hydrogens is 412 g/mol. The third-order valence-electron chi connectivity index (χ3n) is 6.13. The molecule has 2 aliphatic rings. The highest BCUT2D eigenvalue weighted by Gasteiger charge is 2.39. The van der Waals surface area contributed by atoms with E-state index in [1.54, 1.807) is 18.9 Å². The second-order valence-electron chi connectivity index (χ2n) is 9.74. The molecule has 3 rings (SSSR count). The molecule has 0 heterocycles. The summed E-state index contributed by atoms with van der Waals surface area (Å²) in [6.07, 6.45) is 4.90.